The molecule has 1 saturated heterocycles. The van der Waals surface area contributed by atoms with Gasteiger partial charge in [0.25, 0.3) is 0 Å². The Morgan fingerprint density at radius 3 is 2.43 bits per heavy atom. The molecule has 1 fully saturated rings. The first-order valence-corrected chi connectivity index (χ1v) is 4.43. The first-order valence-electron chi connectivity index (χ1n) is 4.43. The van der Waals surface area contributed by atoms with E-state index in [1.165, 1.54) is 0 Å². The molecule has 0 spiro atoms. The van der Waals surface area contributed by atoms with Crippen molar-refractivity contribution in [1.29, 1.82) is 0 Å². The van der Waals surface area contributed by atoms with Crippen molar-refractivity contribution in [2.75, 3.05) is 18.5 Å². The molecule has 2 rings (SSSR count). The second-order valence-electron chi connectivity index (χ2n) is 2.96. The largest absolute Gasteiger partial charge is 0.346 e. The third-order valence-corrected chi connectivity index (χ3v) is 2.03. The Bertz CT molecular complexity index is 304. The second-order valence-corrected chi connectivity index (χ2v) is 2.96. The molecule has 1 aliphatic rings. The van der Waals surface area contributed by atoms with Crippen LogP contribution in [0.25, 0.3) is 0 Å². The predicted molar refractivity (Wildman–Crippen MR) is 50.8 cm³/mol. The first kappa shape index (κ1) is 9.18. The summed E-state index contributed by atoms with van der Waals surface area (Å²) in [6.45, 7) is 1.28. The van der Waals surface area contributed by atoms with Gasteiger partial charge in [-0.2, -0.15) is 0 Å². The summed E-state index contributed by atoms with van der Waals surface area (Å²) in [4.78, 5) is 10.2. The smallest absolute Gasteiger partial charge is 0.211 e. The zero-order valence-corrected chi connectivity index (χ0v) is 7.60. The third-order valence-electron chi connectivity index (χ3n) is 2.03. The lowest BCUT2D eigenvalue weighted by atomic mass is 10.2. The van der Waals surface area contributed by atoms with Gasteiger partial charge in [0.2, 0.25) is 6.41 Å². The molecule has 1 aromatic carbocycles. The molecule has 0 radical (unpaired) electrons. The van der Waals surface area contributed by atoms with Gasteiger partial charge in [-0.3, -0.25) is 4.79 Å². The highest BCUT2D eigenvalue weighted by atomic mass is 16.7. The van der Waals surface area contributed by atoms with Gasteiger partial charge >= 0.3 is 0 Å². The number of nitrogens with one attached hydrogen (secondary N) is 1. The van der Waals surface area contributed by atoms with Gasteiger partial charge in [0.05, 0.1) is 13.2 Å². The van der Waals surface area contributed by atoms with Crippen LogP contribution in [0.2, 0.25) is 0 Å². The summed E-state index contributed by atoms with van der Waals surface area (Å²) in [6, 6.07) is 7.38. The van der Waals surface area contributed by atoms with Crippen LogP contribution in [0.15, 0.2) is 24.3 Å². The number of hydrogen-bond acceptors (Lipinski definition) is 3. The lowest BCUT2D eigenvalue weighted by Crippen LogP contribution is -1.99. The van der Waals surface area contributed by atoms with Crippen LogP contribution in [0.5, 0.6) is 0 Å². The van der Waals surface area contributed by atoms with E-state index in [1.54, 1.807) is 0 Å². The van der Waals surface area contributed by atoms with E-state index >= 15 is 0 Å². The summed E-state index contributed by atoms with van der Waals surface area (Å²) in [5.74, 6) is 0. The van der Waals surface area contributed by atoms with E-state index in [2.05, 4.69) is 5.32 Å². The molecule has 0 aliphatic carbocycles. The van der Waals surface area contributed by atoms with Crippen LogP contribution < -0.4 is 5.32 Å². The highest BCUT2D eigenvalue weighted by Crippen LogP contribution is 2.23. The van der Waals surface area contributed by atoms with Crippen LogP contribution in [0.4, 0.5) is 5.69 Å². The summed E-state index contributed by atoms with van der Waals surface area (Å²) in [6.07, 6.45) is 0.401. The van der Waals surface area contributed by atoms with Gasteiger partial charge < -0.3 is 14.8 Å². The van der Waals surface area contributed by atoms with Gasteiger partial charge in [0.15, 0.2) is 6.29 Å². The zero-order valence-electron chi connectivity index (χ0n) is 7.60. The lowest BCUT2D eigenvalue weighted by molar-refractivity contribution is -0.105. The normalized spacial score (nSPS) is 16.9. The lowest BCUT2D eigenvalue weighted by Gasteiger charge is -2.09. The quantitative estimate of drug-likeness (QED) is 0.736. The van der Waals surface area contributed by atoms with Gasteiger partial charge in [0, 0.05) is 11.3 Å². The number of carbonyl (C=O) groups is 1. The standard InChI is InChI=1S/C10H11NO3/c12-7-11-9-3-1-8(2-4-9)10-13-5-6-14-10/h1-4,7,10H,5-6H2,(H,11,12). The van der Waals surface area contributed by atoms with Crippen molar-refractivity contribution in [2.45, 2.75) is 6.29 Å². The average Bonchev–Trinajstić information content (AvgIpc) is 2.72. The molecular weight excluding hydrogens is 182 g/mol. The van der Waals surface area contributed by atoms with Gasteiger partial charge in [-0.15, -0.1) is 0 Å². The third kappa shape index (κ3) is 1.92. The topological polar surface area (TPSA) is 47.6 Å². The number of amides is 1. The molecule has 4 nitrogen and oxygen atoms in total. The molecule has 0 saturated carbocycles. The maximum absolute atomic E-state index is 10.2. The van der Waals surface area contributed by atoms with Crippen LogP contribution in [-0.4, -0.2) is 19.6 Å². The van der Waals surface area contributed by atoms with Crippen LogP contribution in [0, 0.1) is 0 Å². The van der Waals surface area contributed by atoms with Gasteiger partial charge in [-0.05, 0) is 12.1 Å². The van der Waals surface area contributed by atoms with Crippen molar-refractivity contribution < 1.29 is 14.3 Å². The molecule has 1 aliphatic heterocycles. The fourth-order valence-electron chi connectivity index (χ4n) is 1.36. The molecule has 1 heterocycles. The number of hydrogen-bond donors (Lipinski definition) is 1. The Kier molecular flexibility index (Phi) is 2.76. The summed E-state index contributed by atoms with van der Waals surface area (Å²) in [5.41, 5.74) is 1.74. The minimum atomic E-state index is -0.250. The molecule has 74 valence electrons. The van der Waals surface area contributed by atoms with E-state index in [0.717, 1.165) is 11.3 Å². The fourth-order valence-corrected chi connectivity index (χ4v) is 1.36. The molecule has 0 bridgehead atoms. The van der Waals surface area contributed by atoms with Crippen molar-refractivity contribution in [3.05, 3.63) is 29.8 Å². The second kappa shape index (κ2) is 4.21. The molecule has 4 heteroatoms. The Balaban J connectivity index is 2.08. The van der Waals surface area contributed by atoms with E-state index < -0.39 is 0 Å². The number of anilines is 1. The minimum absolute atomic E-state index is 0.250. The van der Waals surface area contributed by atoms with E-state index in [0.29, 0.717) is 19.6 Å². The van der Waals surface area contributed by atoms with Crippen molar-refractivity contribution in [3.63, 3.8) is 0 Å². The highest BCUT2D eigenvalue weighted by Gasteiger charge is 2.17. The zero-order chi connectivity index (χ0) is 9.80. The summed E-state index contributed by atoms with van der Waals surface area (Å²) in [5, 5.41) is 2.56. The summed E-state index contributed by atoms with van der Waals surface area (Å²) >= 11 is 0. The Hall–Kier alpha value is -1.39. The van der Waals surface area contributed by atoms with Crippen LogP contribution in [-0.2, 0) is 14.3 Å². The molecule has 1 amide bonds. The van der Waals surface area contributed by atoms with Crippen LogP contribution in [0.3, 0.4) is 0 Å². The number of benzene rings is 1. The summed E-state index contributed by atoms with van der Waals surface area (Å²) in [7, 11) is 0. The monoisotopic (exact) mass is 193 g/mol. The SMILES string of the molecule is O=CNc1ccc(C2OCCO2)cc1. The maximum atomic E-state index is 10.2. The number of ether oxygens (including phenoxy) is 2. The number of carbonyl (C=O) groups excluding carboxylic acids is 1. The van der Waals surface area contributed by atoms with E-state index in [-0.39, 0.29) is 6.29 Å². The molecular formula is C10H11NO3. The molecule has 1 aromatic rings. The molecule has 0 aromatic heterocycles. The maximum Gasteiger partial charge on any atom is 0.211 e. The Labute approximate surface area is 81.8 Å². The molecule has 0 atom stereocenters. The minimum Gasteiger partial charge on any atom is -0.346 e. The van der Waals surface area contributed by atoms with Crippen molar-refractivity contribution in [3.8, 4) is 0 Å². The Morgan fingerprint density at radius 2 is 1.86 bits per heavy atom. The first-order chi connectivity index (χ1) is 6.90. The van der Waals surface area contributed by atoms with Gasteiger partial charge in [-0.1, -0.05) is 12.1 Å². The Morgan fingerprint density at radius 1 is 1.21 bits per heavy atom. The average molecular weight is 193 g/mol. The van der Waals surface area contributed by atoms with E-state index in [1.807, 2.05) is 24.3 Å². The predicted octanol–water partition coefficient (Wildman–Crippen LogP) is 1.30. The summed E-state index contributed by atoms with van der Waals surface area (Å²) < 4.78 is 10.7. The van der Waals surface area contributed by atoms with Gasteiger partial charge in [0.1, 0.15) is 0 Å². The van der Waals surface area contributed by atoms with Crippen LogP contribution >= 0.6 is 0 Å². The van der Waals surface area contributed by atoms with Crippen LogP contribution in [0.1, 0.15) is 11.9 Å². The molecule has 1 N–H and O–H groups in total. The number of rotatable bonds is 3. The molecule has 14 heavy (non-hydrogen) atoms. The molecule has 0 unspecified atom stereocenters. The van der Waals surface area contributed by atoms with Crippen molar-refractivity contribution in [2.24, 2.45) is 0 Å². The fraction of sp³-hybridized carbons (Fsp3) is 0.300. The van der Waals surface area contributed by atoms with Crippen molar-refractivity contribution in [1.82, 2.24) is 0 Å². The van der Waals surface area contributed by atoms with Crippen molar-refractivity contribution >= 4 is 12.1 Å². The van der Waals surface area contributed by atoms with Gasteiger partial charge in [-0.25, -0.2) is 0 Å². The highest BCUT2D eigenvalue weighted by molar-refractivity contribution is 5.71. The van der Waals surface area contributed by atoms with E-state index in [4.69, 9.17) is 9.47 Å². The van der Waals surface area contributed by atoms with E-state index in [9.17, 15) is 4.79 Å².